The summed E-state index contributed by atoms with van der Waals surface area (Å²) in [5.41, 5.74) is 5.04. The summed E-state index contributed by atoms with van der Waals surface area (Å²) >= 11 is 0. The van der Waals surface area contributed by atoms with Crippen molar-refractivity contribution in [3.63, 3.8) is 0 Å². The van der Waals surface area contributed by atoms with E-state index in [0.717, 1.165) is 29.8 Å². The van der Waals surface area contributed by atoms with Crippen molar-refractivity contribution in [2.45, 2.75) is 39.0 Å². The van der Waals surface area contributed by atoms with Gasteiger partial charge in [-0.1, -0.05) is 18.2 Å². The molecule has 4 aromatic rings. The SMILES string of the molecule is CCOc1ccc(CC(=O)Nc2ccc(C3CCN(C(=O)c4cc5nc(C)ccc5o4)CC3)cc2)cc1OC. The maximum Gasteiger partial charge on any atom is 0.289 e. The Morgan fingerprint density at radius 3 is 2.51 bits per heavy atom. The Kier molecular flexibility index (Phi) is 7.81. The number of nitrogens with zero attached hydrogens (tertiary/aromatic N) is 2. The molecule has 0 saturated carbocycles. The number of rotatable bonds is 8. The second-order valence-corrected chi connectivity index (χ2v) is 9.78. The summed E-state index contributed by atoms with van der Waals surface area (Å²) < 4.78 is 16.7. The highest BCUT2D eigenvalue weighted by Gasteiger charge is 2.26. The molecule has 3 heterocycles. The largest absolute Gasteiger partial charge is 0.493 e. The zero-order valence-corrected chi connectivity index (χ0v) is 22.5. The van der Waals surface area contributed by atoms with Crippen LogP contribution in [0.1, 0.15) is 53.1 Å². The number of benzene rings is 2. The fraction of sp³-hybridized carbons (Fsp3) is 0.323. The maximum atomic E-state index is 13.0. The molecule has 0 spiro atoms. The van der Waals surface area contributed by atoms with Crippen LogP contribution in [-0.4, -0.2) is 48.5 Å². The number of nitrogens with one attached hydrogen (secondary N) is 1. The molecule has 0 aliphatic carbocycles. The molecule has 8 nitrogen and oxygen atoms in total. The average Bonchev–Trinajstić information content (AvgIpc) is 3.37. The highest BCUT2D eigenvalue weighted by molar-refractivity contribution is 5.95. The number of amides is 2. The van der Waals surface area contributed by atoms with Gasteiger partial charge in [0.05, 0.1) is 20.1 Å². The first kappa shape index (κ1) is 26.3. The smallest absolute Gasteiger partial charge is 0.289 e. The van der Waals surface area contributed by atoms with Gasteiger partial charge in [0.15, 0.2) is 22.8 Å². The monoisotopic (exact) mass is 527 g/mol. The normalized spacial score (nSPS) is 13.9. The number of furan rings is 1. The number of aromatic nitrogens is 1. The van der Waals surface area contributed by atoms with Gasteiger partial charge in [-0.2, -0.15) is 0 Å². The molecule has 0 radical (unpaired) electrons. The summed E-state index contributed by atoms with van der Waals surface area (Å²) in [6, 6.07) is 19.0. The van der Waals surface area contributed by atoms with E-state index in [9.17, 15) is 9.59 Å². The summed E-state index contributed by atoms with van der Waals surface area (Å²) in [5.74, 6) is 1.78. The van der Waals surface area contributed by atoms with Crippen LogP contribution in [0.3, 0.4) is 0 Å². The molecule has 1 N–H and O–H groups in total. The first-order valence-corrected chi connectivity index (χ1v) is 13.3. The van der Waals surface area contributed by atoms with Crippen LogP contribution in [0.2, 0.25) is 0 Å². The lowest BCUT2D eigenvalue weighted by molar-refractivity contribution is -0.115. The zero-order valence-electron chi connectivity index (χ0n) is 22.5. The summed E-state index contributed by atoms with van der Waals surface area (Å²) in [4.78, 5) is 31.9. The number of carbonyl (C=O) groups is 2. The zero-order chi connectivity index (χ0) is 27.4. The first-order valence-electron chi connectivity index (χ1n) is 13.3. The number of ether oxygens (including phenoxy) is 2. The van der Waals surface area contributed by atoms with Crippen LogP contribution in [0.4, 0.5) is 5.69 Å². The Balaban J connectivity index is 1.14. The van der Waals surface area contributed by atoms with E-state index in [1.54, 1.807) is 13.2 Å². The quantitative estimate of drug-likeness (QED) is 0.314. The third-order valence-corrected chi connectivity index (χ3v) is 7.06. The van der Waals surface area contributed by atoms with Gasteiger partial charge in [-0.15, -0.1) is 0 Å². The standard InChI is InChI=1S/C31H33N3O5/c1-4-38-27-12-6-21(17-28(27)37-3)18-30(35)33-24-9-7-22(8-10-24)23-13-15-34(16-14-23)31(36)29-19-25-26(39-29)11-5-20(2)32-25/h5-12,17,19,23H,4,13-16,18H2,1-3H3,(H,33,35). The molecule has 0 atom stereocenters. The summed E-state index contributed by atoms with van der Waals surface area (Å²) in [6.45, 7) is 5.70. The summed E-state index contributed by atoms with van der Waals surface area (Å²) in [5, 5.41) is 2.97. The highest BCUT2D eigenvalue weighted by Crippen LogP contribution is 2.31. The van der Waals surface area contributed by atoms with Gasteiger partial charge < -0.3 is 24.1 Å². The van der Waals surface area contributed by atoms with Gasteiger partial charge >= 0.3 is 0 Å². The number of pyridine rings is 1. The van der Waals surface area contributed by atoms with Gasteiger partial charge in [0, 0.05) is 30.5 Å². The van der Waals surface area contributed by atoms with E-state index in [1.807, 2.05) is 61.2 Å². The molecule has 39 heavy (non-hydrogen) atoms. The molecule has 1 aliphatic heterocycles. The van der Waals surface area contributed by atoms with E-state index >= 15 is 0 Å². The van der Waals surface area contributed by atoms with E-state index < -0.39 is 0 Å². The van der Waals surface area contributed by atoms with Gasteiger partial charge in [-0.3, -0.25) is 9.59 Å². The van der Waals surface area contributed by atoms with Crippen LogP contribution in [0.25, 0.3) is 11.1 Å². The van der Waals surface area contributed by atoms with E-state index in [2.05, 4.69) is 22.4 Å². The minimum absolute atomic E-state index is 0.0905. The fourth-order valence-electron chi connectivity index (χ4n) is 5.03. The number of aryl methyl sites for hydroxylation is 1. The van der Waals surface area contributed by atoms with E-state index in [1.165, 1.54) is 5.56 Å². The minimum atomic E-state index is -0.100. The Hall–Kier alpha value is -4.33. The van der Waals surface area contributed by atoms with E-state index in [0.29, 0.717) is 54.0 Å². The van der Waals surface area contributed by atoms with Crippen molar-refractivity contribution in [1.29, 1.82) is 0 Å². The molecule has 2 aromatic heterocycles. The molecule has 0 unspecified atom stereocenters. The molecular formula is C31H33N3O5. The topological polar surface area (TPSA) is 93.9 Å². The van der Waals surface area contributed by atoms with Crippen molar-refractivity contribution in [1.82, 2.24) is 9.88 Å². The van der Waals surface area contributed by atoms with Gasteiger partial charge in [-0.25, -0.2) is 4.98 Å². The molecule has 1 saturated heterocycles. The third-order valence-electron chi connectivity index (χ3n) is 7.06. The Morgan fingerprint density at radius 1 is 1.03 bits per heavy atom. The van der Waals surface area contributed by atoms with Crippen LogP contribution < -0.4 is 14.8 Å². The van der Waals surface area contributed by atoms with Crippen molar-refractivity contribution < 1.29 is 23.5 Å². The van der Waals surface area contributed by atoms with Gasteiger partial charge in [0.1, 0.15) is 5.52 Å². The van der Waals surface area contributed by atoms with Crippen molar-refractivity contribution in [3.8, 4) is 11.5 Å². The number of likely N-dealkylation sites (tertiary alicyclic amines) is 1. The third kappa shape index (κ3) is 6.06. The minimum Gasteiger partial charge on any atom is -0.493 e. The Labute approximate surface area is 227 Å². The average molecular weight is 528 g/mol. The summed E-state index contributed by atoms with van der Waals surface area (Å²) in [6.07, 6.45) is 1.97. The maximum absolute atomic E-state index is 13.0. The molecule has 5 rings (SSSR count). The van der Waals surface area contributed by atoms with Crippen molar-refractivity contribution in [2.24, 2.45) is 0 Å². The number of piperidine rings is 1. The number of anilines is 1. The molecule has 8 heteroatoms. The second-order valence-electron chi connectivity index (χ2n) is 9.78. The molecular weight excluding hydrogens is 494 g/mol. The van der Waals surface area contributed by atoms with Gasteiger partial charge in [0.25, 0.3) is 5.91 Å². The molecule has 202 valence electrons. The number of fused-ring (bicyclic) bond motifs is 1. The summed E-state index contributed by atoms with van der Waals surface area (Å²) in [7, 11) is 1.59. The Morgan fingerprint density at radius 2 is 1.79 bits per heavy atom. The Bertz CT molecular complexity index is 1470. The molecule has 2 amide bonds. The molecule has 1 fully saturated rings. The van der Waals surface area contributed by atoms with Gasteiger partial charge in [0.2, 0.25) is 5.91 Å². The van der Waals surface area contributed by atoms with Crippen molar-refractivity contribution in [3.05, 3.63) is 83.2 Å². The molecule has 2 aromatic carbocycles. The predicted octanol–water partition coefficient (Wildman–Crippen LogP) is 5.74. The number of hydrogen-bond donors (Lipinski definition) is 1. The number of methoxy groups -OCH3 is 1. The van der Waals surface area contributed by atoms with E-state index in [4.69, 9.17) is 13.9 Å². The lowest BCUT2D eigenvalue weighted by atomic mass is 9.89. The molecule has 1 aliphatic rings. The lowest BCUT2D eigenvalue weighted by Gasteiger charge is -2.31. The van der Waals surface area contributed by atoms with Crippen molar-refractivity contribution >= 4 is 28.6 Å². The van der Waals surface area contributed by atoms with Crippen molar-refractivity contribution in [2.75, 3.05) is 32.1 Å². The lowest BCUT2D eigenvalue weighted by Crippen LogP contribution is -2.37. The second kappa shape index (κ2) is 11.6. The fourth-order valence-corrected chi connectivity index (χ4v) is 5.03. The van der Waals surface area contributed by atoms with Crippen LogP contribution in [0.5, 0.6) is 11.5 Å². The van der Waals surface area contributed by atoms with Crippen LogP contribution in [0.15, 0.2) is 65.1 Å². The molecule has 0 bridgehead atoms. The van der Waals surface area contributed by atoms with Crippen LogP contribution in [-0.2, 0) is 11.2 Å². The first-order chi connectivity index (χ1) is 18.9. The van der Waals surface area contributed by atoms with Gasteiger partial charge in [-0.05, 0) is 80.1 Å². The van der Waals surface area contributed by atoms with Crippen LogP contribution >= 0.6 is 0 Å². The number of carbonyl (C=O) groups excluding carboxylic acids is 2. The number of hydrogen-bond acceptors (Lipinski definition) is 6. The highest BCUT2D eigenvalue weighted by atomic mass is 16.5. The van der Waals surface area contributed by atoms with E-state index in [-0.39, 0.29) is 18.2 Å². The van der Waals surface area contributed by atoms with Crippen LogP contribution in [0, 0.1) is 6.92 Å². The predicted molar refractivity (Wildman–Crippen MR) is 150 cm³/mol.